The molecule has 41 heavy (non-hydrogen) atoms. The van der Waals surface area contributed by atoms with Gasteiger partial charge >= 0.3 is 0 Å². The second-order valence-electron chi connectivity index (χ2n) is 13.8. The number of phenols is 1. The standard InChI is InChI=1S/C36H58O5/c1-25(2)11-12-38-23-31-16-34(17-32(35(31)37)24-41-20-28(7)8)36(9,10)33-14-29(21-39-18-26(3)4)13-30(15-33)22-40-19-27(5)6/h13-17,25-28,37H,11-12,18-24H2,1-10H3. The van der Waals surface area contributed by atoms with Crippen LogP contribution in [0, 0.1) is 23.7 Å². The number of aromatic hydroxyl groups is 1. The first-order chi connectivity index (χ1) is 19.3. The Hall–Kier alpha value is -1.92. The maximum absolute atomic E-state index is 11.2. The summed E-state index contributed by atoms with van der Waals surface area (Å²) in [6.45, 7) is 26.5. The smallest absolute Gasteiger partial charge is 0.126 e. The van der Waals surface area contributed by atoms with Crippen LogP contribution in [0.4, 0.5) is 0 Å². The van der Waals surface area contributed by atoms with Gasteiger partial charge < -0.3 is 24.1 Å². The molecule has 2 aromatic carbocycles. The average Bonchev–Trinajstić information content (AvgIpc) is 2.87. The molecule has 0 heterocycles. The van der Waals surface area contributed by atoms with Crippen LogP contribution < -0.4 is 0 Å². The largest absolute Gasteiger partial charge is 0.507 e. The number of hydrogen-bond acceptors (Lipinski definition) is 5. The van der Waals surface area contributed by atoms with E-state index in [-0.39, 0.29) is 11.2 Å². The van der Waals surface area contributed by atoms with Crippen molar-refractivity contribution < 1.29 is 24.1 Å². The lowest BCUT2D eigenvalue weighted by Gasteiger charge is -2.29. The van der Waals surface area contributed by atoms with Gasteiger partial charge in [0.15, 0.2) is 0 Å². The molecule has 0 radical (unpaired) electrons. The van der Waals surface area contributed by atoms with Gasteiger partial charge in [0, 0.05) is 43.0 Å². The van der Waals surface area contributed by atoms with Gasteiger partial charge in [-0.1, -0.05) is 87.4 Å². The fourth-order valence-corrected chi connectivity index (χ4v) is 4.53. The molecule has 0 atom stereocenters. The van der Waals surface area contributed by atoms with Crippen LogP contribution in [0.1, 0.15) is 109 Å². The summed E-state index contributed by atoms with van der Waals surface area (Å²) in [6.07, 6.45) is 0.990. The summed E-state index contributed by atoms with van der Waals surface area (Å²) in [5, 5.41) is 11.2. The Labute approximate surface area is 250 Å². The van der Waals surface area contributed by atoms with Gasteiger partial charge in [-0.25, -0.2) is 0 Å². The zero-order valence-corrected chi connectivity index (χ0v) is 27.6. The molecule has 5 nitrogen and oxygen atoms in total. The molecule has 0 aromatic heterocycles. The van der Waals surface area contributed by atoms with Crippen molar-refractivity contribution in [2.75, 3.05) is 26.4 Å². The second-order valence-corrected chi connectivity index (χ2v) is 13.8. The van der Waals surface area contributed by atoms with E-state index >= 15 is 0 Å². The van der Waals surface area contributed by atoms with Crippen LogP contribution in [0.15, 0.2) is 30.3 Å². The highest BCUT2D eigenvalue weighted by atomic mass is 16.5. The van der Waals surface area contributed by atoms with E-state index in [4.69, 9.17) is 18.9 Å². The van der Waals surface area contributed by atoms with Crippen molar-refractivity contribution in [1.82, 2.24) is 0 Å². The first-order valence-electron chi connectivity index (χ1n) is 15.6. The zero-order valence-electron chi connectivity index (χ0n) is 27.6. The lowest BCUT2D eigenvalue weighted by molar-refractivity contribution is 0.0934. The summed E-state index contributed by atoms with van der Waals surface area (Å²) in [6, 6.07) is 10.9. The molecule has 232 valence electrons. The minimum atomic E-state index is -0.339. The molecule has 0 aliphatic carbocycles. The minimum absolute atomic E-state index is 0.275. The Morgan fingerprint density at radius 3 is 1.41 bits per heavy atom. The Balaban J connectivity index is 2.47. The van der Waals surface area contributed by atoms with Gasteiger partial charge in [-0.15, -0.1) is 0 Å². The Kier molecular flexibility index (Phi) is 14.8. The van der Waals surface area contributed by atoms with Crippen molar-refractivity contribution in [1.29, 1.82) is 0 Å². The van der Waals surface area contributed by atoms with Crippen LogP contribution in [0.3, 0.4) is 0 Å². The van der Waals surface area contributed by atoms with E-state index in [2.05, 4.69) is 99.6 Å². The molecule has 0 fully saturated rings. The summed E-state index contributed by atoms with van der Waals surface area (Å²) in [4.78, 5) is 0. The summed E-state index contributed by atoms with van der Waals surface area (Å²) < 4.78 is 24.1. The normalized spacial score (nSPS) is 12.4. The van der Waals surface area contributed by atoms with Gasteiger partial charge in [0.1, 0.15) is 5.75 Å². The topological polar surface area (TPSA) is 57.2 Å². The van der Waals surface area contributed by atoms with Crippen molar-refractivity contribution in [3.8, 4) is 5.75 Å². The number of phenolic OH excluding ortho intramolecular Hbond substituents is 1. The maximum Gasteiger partial charge on any atom is 0.126 e. The predicted molar refractivity (Wildman–Crippen MR) is 169 cm³/mol. The molecule has 1 N–H and O–H groups in total. The molecule has 0 aliphatic heterocycles. The van der Waals surface area contributed by atoms with E-state index in [1.165, 1.54) is 5.56 Å². The van der Waals surface area contributed by atoms with Crippen LogP contribution >= 0.6 is 0 Å². The molecule has 0 aliphatic rings. The Morgan fingerprint density at radius 2 is 0.976 bits per heavy atom. The maximum atomic E-state index is 11.2. The van der Waals surface area contributed by atoms with Crippen molar-refractivity contribution in [2.45, 2.75) is 108 Å². The predicted octanol–water partition coefficient (Wildman–Crippen LogP) is 8.80. The monoisotopic (exact) mass is 570 g/mol. The first kappa shape index (κ1) is 35.3. The molecule has 2 rings (SSSR count). The van der Waals surface area contributed by atoms with Gasteiger partial charge in [-0.3, -0.25) is 0 Å². The van der Waals surface area contributed by atoms with E-state index < -0.39 is 0 Å². The van der Waals surface area contributed by atoms with Crippen LogP contribution in [-0.4, -0.2) is 31.5 Å². The van der Waals surface area contributed by atoms with Crippen molar-refractivity contribution in [3.63, 3.8) is 0 Å². The summed E-state index contributed by atoms with van der Waals surface area (Å²) in [5.41, 5.74) is 5.88. The van der Waals surface area contributed by atoms with Gasteiger partial charge in [0.05, 0.1) is 26.4 Å². The summed E-state index contributed by atoms with van der Waals surface area (Å²) >= 11 is 0. The van der Waals surface area contributed by atoms with Gasteiger partial charge in [0.25, 0.3) is 0 Å². The number of hydrogen-bond donors (Lipinski definition) is 1. The molecule has 5 heteroatoms. The highest BCUT2D eigenvalue weighted by Crippen LogP contribution is 2.37. The van der Waals surface area contributed by atoms with E-state index in [0.29, 0.717) is 63.3 Å². The van der Waals surface area contributed by atoms with Crippen molar-refractivity contribution in [3.05, 3.63) is 63.7 Å². The third-order valence-electron chi connectivity index (χ3n) is 7.01. The van der Waals surface area contributed by atoms with Gasteiger partial charge in [-0.2, -0.15) is 0 Å². The zero-order chi connectivity index (χ0) is 30.6. The molecule has 0 saturated carbocycles. The van der Waals surface area contributed by atoms with Crippen molar-refractivity contribution >= 4 is 0 Å². The lowest BCUT2D eigenvalue weighted by atomic mass is 9.76. The van der Waals surface area contributed by atoms with E-state index in [0.717, 1.165) is 47.5 Å². The minimum Gasteiger partial charge on any atom is -0.507 e. The van der Waals surface area contributed by atoms with E-state index in [1.54, 1.807) is 0 Å². The summed E-state index contributed by atoms with van der Waals surface area (Å²) in [5.74, 6) is 2.24. The fraction of sp³-hybridized carbons (Fsp3) is 0.667. The highest BCUT2D eigenvalue weighted by molar-refractivity contribution is 5.49. The Bertz CT molecular complexity index is 1010. The average molecular weight is 571 g/mol. The fourth-order valence-electron chi connectivity index (χ4n) is 4.53. The second kappa shape index (κ2) is 17.3. The van der Waals surface area contributed by atoms with Crippen LogP contribution in [0.5, 0.6) is 5.75 Å². The quantitative estimate of drug-likeness (QED) is 0.171. The van der Waals surface area contributed by atoms with Crippen molar-refractivity contribution in [2.24, 2.45) is 23.7 Å². The molecule has 2 aromatic rings. The van der Waals surface area contributed by atoms with Gasteiger partial charge in [0.2, 0.25) is 0 Å². The SMILES string of the molecule is CC(C)CCOCc1cc(C(C)(C)c2cc(COCC(C)C)cc(COCC(C)C)c2)cc(COCC(C)C)c1O. The molecular weight excluding hydrogens is 512 g/mol. The first-order valence-corrected chi connectivity index (χ1v) is 15.6. The summed E-state index contributed by atoms with van der Waals surface area (Å²) in [7, 11) is 0. The van der Waals surface area contributed by atoms with Crippen LogP contribution in [0.2, 0.25) is 0 Å². The number of rotatable bonds is 19. The molecular formula is C36H58O5. The molecule has 0 unspecified atom stereocenters. The van der Waals surface area contributed by atoms with Crippen LogP contribution in [-0.2, 0) is 50.8 Å². The molecule has 0 spiro atoms. The third-order valence-corrected chi connectivity index (χ3v) is 7.01. The van der Waals surface area contributed by atoms with E-state index in [9.17, 15) is 5.11 Å². The van der Waals surface area contributed by atoms with Gasteiger partial charge in [-0.05, 0) is 64.5 Å². The Morgan fingerprint density at radius 1 is 0.561 bits per heavy atom. The molecule has 0 saturated heterocycles. The lowest BCUT2D eigenvalue weighted by Crippen LogP contribution is -2.21. The molecule has 0 bridgehead atoms. The molecule has 0 amide bonds. The third kappa shape index (κ3) is 12.5. The number of benzene rings is 2. The highest BCUT2D eigenvalue weighted by Gasteiger charge is 2.27. The number of ether oxygens (including phenoxy) is 4. The van der Waals surface area contributed by atoms with E-state index in [1.807, 2.05) is 0 Å². The van der Waals surface area contributed by atoms with Crippen LogP contribution in [0.25, 0.3) is 0 Å².